The molecular formula is C20H24O4. The van der Waals surface area contributed by atoms with Crippen molar-refractivity contribution >= 4 is 5.97 Å². The number of rotatable bonds is 2. The summed E-state index contributed by atoms with van der Waals surface area (Å²) in [6, 6.07) is 4.09. The monoisotopic (exact) mass is 328 g/mol. The van der Waals surface area contributed by atoms with Crippen LogP contribution in [0.2, 0.25) is 0 Å². The molecule has 4 rings (SSSR count). The SMILES string of the molecule is CC(CO)c1ccc2c(c1O)CCC1C3=C(CCC21C)C(=O)OC3. The number of phenols is 1. The fourth-order valence-corrected chi connectivity index (χ4v) is 5.01. The molecule has 128 valence electrons. The van der Waals surface area contributed by atoms with Gasteiger partial charge in [-0.2, -0.15) is 0 Å². The molecule has 3 aliphatic rings. The molecule has 1 aromatic carbocycles. The van der Waals surface area contributed by atoms with Crippen LogP contribution in [-0.2, 0) is 21.4 Å². The molecule has 0 saturated carbocycles. The summed E-state index contributed by atoms with van der Waals surface area (Å²) >= 11 is 0. The van der Waals surface area contributed by atoms with Crippen LogP contribution in [0.5, 0.6) is 5.75 Å². The van der Waals surface area contributed by atoms with E-state index in [2.05, 4.69) is 13.0 Å². The van der Waals surface area contributed by atoms with E-state index in [0.29, 0.717) is 18.3 Å². The van der Waals surface area contributed by atoms with Crippen molar-refractivity contribution < 1.29 is 19.7 Å². The number of aromatic hydroxyl groups is 1. The summed E-state index contributed by atoms with van der Waals surface area (Å²) < 4.78 is 5.28. The fourth-order valence-electron chi connectivity index (χ4n) is 5.01. The molecule has 0 spiro atoms. The number of benzene rings is 1. The molecule has 2 N–H and O–H groups in total. The summed E-state index contributed by atoms with van der Waals surface area (Å²) in [6.07, 6.45) is 3.41. The lowest BCUT2D eigenvalue weighted by molar-refractivity contribution is -0.136. The summed E-state index contributed by atoms with van der Waals surface area (Å²) in [5, 5.41) is 20.2. The average Bonchev–Trinajstić information content (AvgIpc) is 2.95. The highest BCUT2D eigenvalue weighted by Crippen LogP contribution is 2.55. The first kappa shape index (κ1) is 15.7. The maximum atomic E-state index is 11.9. The Morgan fingerprint density at radius 3 is 2.92 bits per heavy atom. The van der Waals surface area contributed by atoms with Crippen LogP contribution in [0, 0.1) is 5.92 Å². The number of cyclic esters (lactones) is 1. The van der Waals surface area contributed by atoms with Gasteiger partial charge in [0.2, 0.25) is 0 Å². The van der Waals surface area contributed by atoms with Crippen molar-refractivity contribution in [1.82, 2.24) is 0 Å². The van der Waals surface area contributed by atoms with Crippen molar-refractivity contribution in [3.8, 4) is 5.75 Å². The first-order chi connectivity index (χ1) is 11.5. The minimum absolute atomic E-state index is 0.0297. The Hall–Kier alpha value is -1.81. The van der Waals surface area contributed by atoms with Crippen molar-refractivity contribution in [3.63, 3.8) is 0 Å². The Kier molecular flexibility index (Phi) is 3.50. The molecule has 4 nitrogen and oxygen atoms in total. The normalized spacial score (nSPS) is 29.6. The van der Waals surface area contributed by atoms with Crippen LogP contribution in [0.1, 0.15) is 55.7 Å². The Morgan fingerprint density at radius 2 is 2.17 bits per heavy atom. The summed E-state index contributed by atoms with van der Waals surface area (Å²) in [5.74, 6) is 0.475. The maximum Gasteiger partial charge on any atom is 0.334 e. The molecule has 24 heavy (non-hydrogen) atoms. The number of ether oxygens (including phenoxy) is 1. The first-order valence-electron chi connectivity index (χ1n) is 8.82. The van der Waals surface area contributed by atoms with Gasteiger partial charge >= 0.3 is 5.97 Å². The van der Waals surface area contributed by atoms with E-state index in [0.717, 1.165) is 42.4 Å². The average molecular weight is 328 g/mol. The lowest BCUT2D eigenvalue weighted by Crippen LogP contribution is -2.41. The van der Waals surface area contributed by atoms with Crippen LogP contribution in [0.15, 0.2) is 23.3 Å². The number of hydrogen-bond acceptors (Lipinski definition) is 4. The molecule has 0 radical (unpaired) electrons. The van der Waals surface area contributed by atoms with Gasteiger partial charge in [-0.05, 0) is 59.3 Å². The topological polar surface area (TPSA) is 66.8 Å². The molecule has 3 atom stereocenters. The van der Waals surface area contributed by atoms with Crippen LogP contribution >= 0.6 is 0 Å². The van der Waals surface area contributed by atoms with Crippen molar-refractivity contribution in [2.45, 2.75) is 50.9 Å². The van der Waals surface area contributed by atoms with E-state index in [9.17, 15) is 15.0 Å². The first-order valence-corrected chi connectivity index (χ1v) is 8.82. The van der Waals surface area contributed by atoms with Crippen molar-refractivity contribution in [2.24, 2.45) is 5.92 Å². The van der Waals surface area contributed by atoms with Crippen LogP contribution in [0.4, 0.5) is 0 Å². The summed E-state index contributed by atoms with van der Waals surface area (Å²) in [7, 11) is 0. The lowest BCUT2D eigenvalue weighted by Gasteiger charge is -2.46. The largest absolute Gasteiger partial charge is 0.507 e. The van der Waals surface area contributed by atoms with E-state index in [1.165, 1.54) is 11.1 Å². The third-order valence-electron chi connectivity index (χ3n) is 6.49. The molecule has 0 saturated heterocycles. The van der Waals surface area contributed by atoms with Gasteiger partial charge in [-0.1, -0.05) is 26.0 Å². The molecule has 4 heteroatoms. The Labute approximate surface area is 142 Å². The number of aliphatic hydroxyl groups excluding tert-OH is 1. The number of carbonyl (C=O) groups is 1. The van der Waals surface area contributed by atoms with E-state index >= 15 is 0 Å². The molecule has 2 aliphatic carbocycles. The minimum atomic E-state index is -0.132. The highest BCUT2D eigenvalue weighted by molar-refractivity contribution is 5.92. The van der Waals surface area contributed by atoms with E-state index in [1.807, 2.05) is 13.0 Å². The van der Waals surface area contributed by atoms with E-state index in [1.54, 1.807) is 0 Å². The molecule has 3 unspecified atom stereocenters. The number of phenolic OH excluding ortho intramolecular Hbond substituents is 1. The van der Waals surface area contributed by atoms with Crippen molar-refractivity contribution in [3.05, 3.63) is 40.0 Å². The van der Waals surface area contributed by atoms with Gasteiger partial charge in [0.05, 0.1) is 0 Å². The summed E-state index contributed by atoms with van der Waals surface area (Å²) in [4.78, 5) is 11.9. The standard InChI is InChI=1S/C20H24O4/c1-11(9-21)12-3-5-16-14(18(12)22)4-6-17-15-10-24-19(23)13(15)7-8-20(16,17)2/h3,5,11,17,21-22H,4,6-10H2,1-2H3. The van der Waals surface area contributed by atoms with Gasteiger partial charge in [0.1, 0.15) is 12.4 Å². The maximum absolute atomic E-state index is 11.9. The van der Waals surface area contributed by atoms with E-state index in [4.69, 9.17) is 4.74 Å². The number of fused-ring (bicyclic) bond motifs is 4. The van der Waals surface area contributed by atoms with Crippen LogP contribution in [0.25, 0.3) is 0 Å². The Morgan fingerprint density at radius 1 is 1.38 bits per heavy atom. The van der Waals surface area contributed by atoms with Gasteiger partial charge in [0, 0.05) is 18.1 Å². The van der Waals surface area contributed by atoms with Crippen LogP contribution < -0.4 is 0 Å². The number of hydrogen-bond donors (Lipinski definition) is 2. The number of carbonyl (C=O) groups excluding carboxylic acids is 1. The lowest BCUT2D eigenvalue weighted by atomic mass is 9.56. The molecule has 0 bridgehead atoms. The molecule has 0 amide bonds. The second-order valence-electron chi connectivity index (χ2n) is 7.70. The zero-order valence-corrected chi connectivity index (χ0v) is 14.3. The second kappa shape index (κ2) is 5.35. The smallest absolute Gasteiger partial charge is 0.334 e. The van der Waals surface area contributed by atoms with Gasteiger partial charge in [-0.3, -0.25) is 0 Å². The zero-order chi connectivity index (χ0) is 17.1. The van der Waals surface area contributed by atoms with Gasteiger partial charge in [-0.25, -0.2) is 4.79 Å². The Bertz CT molecular complexity index is 748. The molecule has 0 aromatic heterocycles. The highest BCUT2D eigenvalue weighted by Gasteiger charge is 2.49. The predicted octanol–water partition coefficient (Wildman–Crippen LogP) is 2.96. The highest BCUT2D eigenvalue weighted by atomic mass is 16.5. The summed E-state index contributed by atoms with van der Waals surface area (Å²) in [6.45, 7) is 4.65. The molecule has 0 fully saturated rings. The summed E-state index contributed by atoms with van der Waals surface area (Å²) in [5.41, 5.74) is 5.09. The third kappa shape index (κ3) is 1.99. The minimum Gasteiger partial charge on any atom is -0.507 e. The molecule has 1 aliphatic heterocycles. The molecular weight excluding hydrogens is 304 g/mol. The Balaban J connectivity index is 1.81. The van der Waals surface area contributed by atoms with E-state index < -0.39 is 0 Å². The van der Waals surface area contributed by atoms with Crippen molar-refractivity contribution in [2.75, 3.05) is 13.2 Å². The number of aliphatic hydroxyl groups is 1. The van der Waals surface area contributed by atoms with E-state index in [-0.39, 0.29) is 23.9 Å². The quantitative estimate of drug-likeness (QED) is 0.819. The van der Waals surface area contributed by atoms with Gasteiger partial charge in [-0.15, -0.1) is 0 Å². The second-order valence-corrected chi connectivity index (χ2v) is 7.70. The van der Waals surface area contributed by atoms with Gasteiger partial charge in [0.25, 0.3) is 0 Å². The van der Waals surface area contributed by atoms with Gasteiger partial charge in [0.15, 0.2) is 0 Å². The van der Waals surface area contributed by atoms with Crippen LogP contribution in [0.3, 0.4) is 0 Å². The molecule has 1 aromatic rings. The third-order valence-corrected chi connectivity index (χ3v) is 6.49. The zero-order valence-electron chi connectivity index (χ0n) is 14.3. The van der Waals surface area contributed by atoms with Crippen molar-refractivity contribution in [1.29, 1.82) is 0 Å². The number of esters is 1. The fraction of sp³-hybridized carbons (Fsp3) is 0.550. The van der Waals surface area contributed by atoms with Gasteiger partial charge < -0.3 is 14.9 Å². The predicted molar refractivity (Wildman–Crippen MR) is 90.0 cm³/mol. The van der Waals surface area contributed by atoms with Crippen LogP contribution in [-0.4, -0.2) is 29.4 Å². The molecule has 1 heterocycles.